The lowest BCUT2D eigenvalue weighted by Gasteiger charge is -2.16. The molecular weight excluding hydrogens is 410 g/mol. The number of urea groups is 1. The van der Waals surface area contributed by atoms with E-state index in [9.17, 15) is 14.4 Å². The normalized spacial score (nSPS) is 14.8. The van der Waals surface area contributed by atoms with Crippen molar-refractivity contribution in [2.75, 3.05) is 20.6 Å². The Morgan fingerprint density at radius 2 is 2.07 bits per heavy atom. The molecule has 29 heavy (non-hydrogen) atoms. The largest absolute Gasteiger partial charge is 0.351 e. The van der Waals surface area contributed by atoms with Crippen LogP contribution in [-0.2, 0) is 24.2 Å². The van der Waals surface area contributed by atoms with E-state index in [0.29, 0.717) is 11.7 Å². The number of hydrogen-bond donors (Lipinski definition) is 2. The van der Waals surface area contributed by atoms with Gasteiger partial charge in [0, 0.05) is 11.4 Å². The van der Waals surface area contributed by atoms with Crippen molar-refractivity contribution in [1.29, 1.82) is 0 Å². The van der Waals surface area contributed by atoms with Crippen molar-refractivity contribution < 1.29 is 9.59 Å². The zero-order valence-corrected chi connectivity index (χ0v) is 18.6. The number of carbonyl (C=O) groups excluding carboxylic acids is 2. The highest BCUT2D eigenvalue weighted by atomic mass is 32.2. The number of amides is 3. The predicted octanol–water partition coefficient (Wildman–Crippen LogP) is 1.96. The third kappa shape index (κ3) is 4.99. The molecule has 0 saturated heterocycles. The van der Waals surface area contributed by atoms with Gasteiger partial charge in [0.15, 0.2) is 5.16 Å². The van der Waals surface area contributed by atoms with Gasteiger partial charge in [-0.1, -0.05) is 11.8 Å². The standard InChI is InChI=1S/C19H27N5O3S2/c1-11(15(25)21-18(20)27)28-19-22-16-14(12-7-4-5-8-13(12)29-16)17(26)24(19)10-6-9-23(2)3/h11H,4-10H2,1-3H3,(H3,20,21,25,27). The maximum Gasteiger partial charge on any atom is 0.318 e. The van der Waals surface area contributed by atoms with Crippen LogP contribution in [0.5, 0.6) is 0 Å². The minimum absolute atomic E-state index is 0.0295. The van der Waals surface area contributed by atoms with Crippen LogP contribution in [0, 0.1) is 0 Å². The van der Waals surface area contributed by atoms with Crippen LogP contribution in [0.1, 0.15) is 36.6 Å². The van der Waals surface area contributed by atoms with E-state index in [1.165, 1.54) is 16.6 Å². The summed E-state index contributed by atoms with van der Waals surface area (Å²) in [7, 11) is 3.98. The van der Waals surface area contributed by atoms with Crippen molar-refractivity contribution in [3.05, 3.63) is 20.8 Å². The van der Waals surface area contributed by atoms with Gasteiger partial charge in [0.25, 0.3) is 5.56 Å². The fourth-order valence-electron chi connectivity index (χ4n) is 3.49. The van der Waals surface area contributed by atoms with Gasteiger partial charge in [0.1, 0.15) is 4.83 Å². The third-order valence-corrected chi connectivity index (χ3v) is 7.20. The molecule has 1 unspecified atom stereocenters. The fraction of sp³-hybridized carbons (Fsp3) is 0.579. The number of primary amides is 1. The number of nitrogens with zero attached hydrogens (tertiary/aromatic N) is 3. The molecule has 0 radical (unpaired) electrons. The second-order valence-corrected chi connectivity index (χ2v) is 9.90. The van der Waals surface area contributed by atoms with Crippen LogP contribution >= 0.6 is 23.1 Å². The molecule has 0 fully saturated rings. The van der Waals surface area contributed by atoms with Crippen molar-refractivity contribution in [3.8, 4) is 0 Å². The Hall–Kier alpha value is -1.91. The summed E-state index contributed by atoms with van der Waals surface area (Å²) in [5.74, 6) is -0.498. The van der Waals surface area contributed by atoms with E-state index < -0.39 is 17.2 Å². The number of thiophene rings is 1. The predicted molar refractivity (Wildman–Crippen MR) is 117 cm³/mol. The van der Waals surface area contributed by atoms with E-state index in [2.05, 4.69) is 10.2 Å². The average molecular weight is 438 g/mol. The molecule has 3 amide bonds. The van der Waals surface area contributed by atoms with Gasteiger partial charge in [-0.05, 0) is 65.2 Å². The van der Waals surface area contributed by atoms with Crippen LogP contribution in [0.15, 0.2) is 9.95 Å². The number of nitrogens with one attached hydrogen (secondary N) is 1. The molecule has 1 aliphatic carbocycles. The minimum Gasteiger partial charge on any atom is -0.351 e. The third-order valence-electron chi connectivity index (χ3n) is 4.92. The van der Waals surface area contributed by atoms with Gasteiger partial charge in [-0.15, -0.1) is 11.3 Å². The van der Waals surface area contributed by atoms with E-state index in [-0.39, 0.29) is 5.56 Å². The van der Waals surface area contributed by atoms with Gasteiger partial charge < -0.3 is 10.6 Å². The first kappa shape index (κ1) is 21.8. The molecule has 158 valence electrons. The molecule has 2 aromatic rings. The van der Waals surface area contributed by atoms with E-state index in [4.69, 9.17) is 10.7 Å². The van der Waals surface area contributed by atoms with Gasteiger partial charge in [-0.2, -0.15) is 0 Å². The van der Waals surface area contributed by atoms with Crippen LogP contribution in [0.4, 0.5) is 4.79 Å². The number of aromatic nitrogens is 2. The molecule has 1 atom stereocenters. The van der Waals surface area contributed by atoms with Crippen molar-refractivity contribution in [2.45, 2.75) is 56.0 Å². The Bertz CT molecular complexity index is 982. The number of rotatable bonds is 7. The van der Waals surface area contributed by atoms with E-state index in [0.717, 1.165) is 54.4 Å². The van der Waals surface area contributed by atoms with Crippen molar-refractivity contribution >= 4 is 45.3 Å². The van der Waals surface area contributed by atoms with Crippen molar-refractivity contribution in [1.82, 2.24) is 19.8 Å². The highest BCUT2D eigenvalue weighted by molar-refractivity contribution is 8.00. The fourth-order valence-corrected chi connectivity index (χ4v) is 5.72. The minimum atomic E-state index is -0.889. The molecule has 1 aliphatic rings. The highest BCUT2D eigenvalue weighted by Crippen LogP contribution is 2.35. The average Bonchev–Trinajstić information content (AvgIpc) is 3.01. The van der Waals surface area contributed by atoms with E-state index in [1.54, 1.807) is 22.8 Å². The molecule has 10 heteroatoms. The maximum atomic E-state index is 13.4. The second-order valence-electron chi connectivity index (χ2n) is 7.51. The first-order valence-corrected chi connectivity index (χ1v) is 11.4. The van der Waals surface area contributed by atoms with Crippen LogP contribution in [0.3, 0.4) is 0 Å². The smallest absolute Gasteiger partial charge is 0.318 e. The van der Waals surface area contributed by atoms with Gasteiger partial charge in [-0.25, -0.2) is 9.78 Å². The summed E-state index contributed by atoms with van der Waals surface area (Å²) in [5.41, 5.74) is 6.18. The number of fused-ring (bicyclic) bond motifs is 3. The number of aryl methyl sites for hydroxylation is 2. The summed E-state index contributed by atoms with van der Waals surface area (Å²) in [6, 6.07) is -0.889. The number of carbonyl (C=O) groups is 2. The van der Waals surface area contributed by atoms with Gasteiger partial charge in [-0.3, -0.25) is 19.5 Å². The molecule has 0 bridgehead atoms. The number of thioether (sulfide) groups is 1. The number of nitrogens with two attached hydrogens (primary N) is 1. The molecule has 8 nitrogen and oxygen atoms in total. The monoisotopic (exact) mass is 437 g/mol. The second kappa shape index (κ2) is 9.27. The highest BCUT2D eigenvalue weighted by Gasteiger charge is 2.24. The molecule has 0 aromatic carbocycles. The summed E-state index contributed by atoms with van der Waals surface area (Å²) in [6.07, 6.45) is 4.95. The van der Waals surface area contributed by atoms with Crippen LogP contribution in [-0.4, -0.2) is 52.3 Å². The van der Waals surface area contributed by atoms with E-state index in [1.807, 2.05) is 14.1 Å². The quantitative estimate of drug-likeness (QED) is 0.506. The maximum absolute atomic E-state index is 13.4. The zero-order valence-electron chi connectivity index (χ0n) is 17.0. The molecule has 2 heterocycles. The Labute approximate surface area is 177 Å². The Morgan fingerprint density at radius 1 is 1.34 bits per heavy atom. The van der Waals surface area contributed by atoms with Gasteiger partial charge in [0.05, 0.1) is 10.6 Å². The summed E-state index contributed by atoms with van der Waals surface area (Å²) >= 11 is 2.77. The lowest BCUT2D eigenvalue weighted by molar-refractivity contribution is -0.119. The molecule has 3 N–H and O–H groups in total. The Morgan fingerprint density at radius 3 is 2.76 bits per heavy atom. The lowest BCUT2D eigenvalue weighted by atomic mass is 9.97. The summed E-state index contributed by atoms with van der Waals surface area (Å²) in [6.45, 7) is 3.04. The molecule has 0 aliphatic heterocycles. The SMILES string of the molecule is CC(Sc1nc2sc3c(c2c(=O)n1CCCN(C)C)CCCC3)C(=O)NC(N)=O. The molecule has 0 saturated carbocycles. The summed E-state index contributed by atoms with van der Waals surface area (Å²) in [5, 5.41) is 2.73. The molecule has 0 spiro atoms. The van der Waals surface area contributed by atoms with Gasteiger partial charge in [0.2, 0.25) is 5.91 Å². The first-order valence-electron chi connectivity index (χ1n) is 9.74. The van der Waals surface area contributed by atoms with Crippen molar-refractivity contribution in [2.24, 2.45) is 5.73 Å². The topological polar surface area (TPSA) is 110 Å². The zero-order chi connectivity index (χ0) is 21.1. The van der Waals surface area contributed by atoms with Crippen LogP contribution in [0.25, 0.3) is 10.2 Å². The van der Waals surface area contributed by atoms with Crippen LogP contribution < -0.4 is 16.6 Å². The number of imide groups is 1. The molecular formula is C19H27N5O3S2. The lowest BCUT2D eigenvalue weighted by Crippen LogP contribution is -2.39. The van der Waals surface area contributed by atoms with Crippen LogP contribution in [0.2, 0.25) is 0 Å². The number of hydrogen-bond acceptors (Lipinski definition) is 7. The summed E-state index contributed by atoms with van der Waals surface area (Å²) < 4.78 is 1.69. The summed E-state index contributed by atoms with van der Waals surface area (Å²) in [4.78, 5) is 45.4. The van der Waals surface area contributed by atoms with E-state index >= 15 is 0 Å². The van der Waals surface area contributed by atoms with Crippen molar-refractivity contribution in [3.63, 3.8) is 0 Å². The van der Waals surface area contributed by atoms with Gasteiger partial charge >= 0.3 is 6.03 Å². The molecule has 3 rings (SSSR count). The first-order chi connectivity index (χ1) is 13.8. The molecule has 2 aromatic heterocycles. The Kier molecular flexibility index (Phi) is 6.97. The Balaban J connectivity index is 2.00.